The van der Waals surface area contributed by atoms with Crippen LogP contribution in [-0.2, 0) is 0 Å². The third-order valence-corrected chi connectivity index (χ3v) is 4.21. The number of aromatic nitrogens is 1. The molecule has 1 amide bonds. The van der Waals surface area contributed by atoms with Crippen molar-refractivity contribution in [2.24, 2.45) is 16.3 Å². The SMILES string of the molecule is CC1(C)CCCCC1NC(=O)c1ccc(C(N)=NO)cn1. The van der Waals surface area contributed by atoms with Gasteiger partial charge in [-0.05, 0) is 30.4 Å². The van der Waals surface area contributed by atoms with Crippen molar-refractivity contribution in [3.05, 3.63) is 29.6 Å². The molecule has 0 aromatic carbocycles. The summed E-state index contributed by atoms with van der Waals surface area (Å²) in [4.78, 5) is 16.3. The van der Waals surface area contributed by atoms with Crippen molar-refractivity contribution in [1.29, 1.82) is 0 Å². The quantitative estimate of drug-likeness (QED) is 0.342. The smallest absolute Gasteiger partial charge is 0.270 e. The minimum absolute atomic E-state index is 0.0251. The Labute approximate surface area is 124 Å². The number of amides is 1. The monoisotopic (exact) mass is 290 g/mol. The Kier molecular flexibility index (Phi) is 4.45. The standard InChI is InChI=1S/C15H22N4O2/c1-15(2)8-4-3-5-12(15)18-14(20)11-7-6-10(9-17-11)13(16)19-21/h6-7,9,12,21H,3-5,8H2,1-2H3,(H2,16,19)(H,18,20). The molecule has 4 N–H and O–H groups in total. The molecule has 0 spiro atoms. The summed E-state index contributed by atoms with van der Waals surface area (Å²) >= 11 is 0. The lowest BCUT2D eigenvalue weighted by Crippen LogP contribution is -2.47. The molecule has 1 aliphatic carbocycles. The van der Waals surface area contributed by atoms with Crippen LogP contribution in [0, 0.1) is 5.41 Å². The number of nitrogens with two attached hydrogens (primary N) is 1. The molecule has 1 aromatic rings. The number of hydrogen-bond donors (Lipinski definition) is 3. The molecule has 6 nitrogen and oxygen atoms in total. The summed E-state index contributed by atoms with van der Waals surface area (Å²) in [6.07, 6.45) is 5.90. The molecule has 2 rings (SSSR count). The fraction of sp³-hybridized carbons (Fsp3) is 0.533. The lowest BCUT2D eigenvalue weighted by atomic mass is 9.73. The number of pyridine rings is 1. The molecule has 1 aromatic heterocycles. The van der Waals surface area contributed by atoms with Crippen LogP contribution in [0.2, 0.25) is 0 Å². The van der Waals surface area contributed by atoms with Crippen LogP contribution in [0.5, 0.6) is 0 Å². The Morgan fingerprint density at radius 3 is 2.81 bits per heavy atom. The fourth-order valence-corrected chi connectivity index (χ4v) is 2.73. The van der Waals surface area contributed by atoms with Crippen molar-refractivity contribution in [2.45, 2.75) is 45.6 Å². The number of carbonyl (C=O) groups excluding carboxylic acids is 1. The minimum Gasteiger partial charge on any atom is -0.409 e. The van der Waals surface area contributed by atoms with Crippen molar-refractivity contribution in [2.75, 3.05) is 0 Å². The van der Waals surface area contributed by atoms with Crippen molar-refractivity contribution in [3.8, 4) is 0 Å². The lowest BCUT2D eigenvalue weighted by Gasteiger charge is -2.38. The Morgan fingerprint density at radius 2 is 2.24 bits per heavy atom. The zero-order valence-electron chi connectivity index (χ0n) is 12.5. The predicted octanol–water partition coefficient (Wildman–Crippen LogP) is 1.87. The molecule has 1 aliphatic rings. The second-order valence-electron chi connectivity index (χ2n) is 6.18. The lowest BCUT2D eigenvalue weighted by molar-refractivity contribution is 0.0848. The molecule has 1 atom stereocenters. The van der Waals surface area contributed by atoms with Gasteiger partial charge in [-0.1, -0.05) is 31.8 Å². The molecule has 1 unspecified atom stereocenters. The maximum atomic E-state index is 12.3. The number of oxime groups is 1. The summed E-state index contributed by atoms with van der Waals surface area (Å²) in [5.41, 5.74) is 6.40. The first-order valence-corrected chi connectivity index (χ1v) is 7.19. The van der Waals surface area contributed by atoms with Gasteiger partial charge in [0.1, 0.15) is 5.69 Å². The summed E-state index contributed by atoms with van der Waals surface area (Å²) in [6.45, 7) is 4.37. The fourth-order valence-electron chi connectivity index (χ4n) is 2.73. The van der Waals surface area contributed by atoms with E-state index in [9.17, 15) is 4.79 Å². The molecular weight excluding hydrogens is 268 g/mol. The van der Waals surface area contributed by atoms with Gasteiger partial charge >= 0.3 is 0 Å². The van der Waals surface area contributed by atoms with Crippen molar-refractivity contribution < 1.29 is 10.0 Å². The minimum atomic E-state index is -0.180. The molecule has 0 bridgehead atoms. The second-order valence-corrected chi connectivity index (χ2v) is 6.18. The molecule has 114 valence electrons. The van der Waals surface area contributed by atoms with E-state index in [1.807, 2.05) is 0 Å². The number of nitrogens with one attached hydrogen (secondary N) is 1. The third kappa shape index (κ3) is 3.51. The van der Waals surface area contributed by atoms with E-state index in [2.05, 4.69) is 29.3 Å². The van der Waals surface area contributed by atoms with Crippen LogP contribution in [0.25, 0.3) is 0 Å². The topological polar surface area (TPSA) is 101 Å². The highest BCUT2D eigenvalue weighted by atomic mass is 16.4. The molecule has 1 saturated carbocycles. The van der Waals surface area contributed by atoms with Gasteiger partial charge in [0.05, 0.1) is 0 Å². The van der Waals surface area contributed by atoms with Crippen molar-refractivity contribution >= 4 is 11.7 Å². The highest BCUT2D eigenvalue weighted by Gasteiger charge is 2.33. The van der Waals surface area contributed by atoms with Crippen LogP contribution in [0.15, 0.2) is 23.5 Å². The summed E-state index contributed by atoms with van der Waals surface area (Å²) in [5, 5.41) is 14.6. The van der Waals surface area contributed by atoms with Gasteiger partial charge in [-0.15, -0.1) is 0 Å². The van der Waals surface area contributed by atoms with Crippen LogP contribution >= 0.6 is 0 Å². The van der Waals surface area contributed by atoms with Gasteiger partial charge in [0.2, 0.25) is 0 Å². The van der Waals surface area contributed by atoms with Gasteiger partial charge in [0.25, 0.3) is 5.91 Å². The Hall–Kier alpha value is -2.11. The number of nitrogens with zero attached hydrogens (tertiary/aromatic N) is 2. The summed E-state index contributed by atoms with van der Waals surface area (Å²) in [6, 6.07) is 3.37. The van der Waals surface area contributed by atoms with E-state index in [0.717, 1.165) is 19.3 Å². The maximum Gasteiger partial charge on any atom is 0.270 e. The number of carbonyl (C=O) groups is 1. The maximum absolute atomic E-state index is 12.3. The van der Waals surface area contributed by atoms with E-state index in [-0.39, 0.29) is 23.2 Å². The van der Waals surface area contributed by atoms with Gasteiger partial charge in [-0.25, -0.2) is 0 Å². The Morgan fingerprint density at radius 1 is 1.48 bits per heavy atom. The first-order chi connectivity index (χ1) is 9.94. The normalized spacial score (nSPS) is 21.8. The van der Waals surface area contributed by atoms with Crippen LogP contribution in [0.3, 0.4) is 0 Å². The summed E-state index contributed by atoms with van der Waals surface area (Å²) in [5.74, 6) is -0.205. The van der Waals surface area contributed by atoms with Gasteiger partial charge in [-0.2, -0.15) is 0 Å². The van der Waals surface area contributed by atoms with E-state index < -0.39 is 0 Å². The van der Waals surface area contributed by atoms with E-state index in [1.54, 1.807) is 12.1 Å². The first kappa shape index (κ1) is 15.3. The van der Waals surface area contributed by atoms with Crippen LogP contribution in [0.1, 0.15) is 55.6 Å². The van der Waals surface area contributed by atoms with Gasteiger partial charge in [-0.3, -0.25) is 9.78 Å². The highest BCUT2D eigenvalue weighted by molar-refractivity contribution is 5.98. The number of amidine groups is 1. The van der Waals surface area contributed by atoms with Crippen molar-refractivity contribution in [1.82, 2.24) is 10.3 Å². The summed E-state index contributed by atoms with van der Waals surface area (Å²) < 4.78 is 0. The van der Waals surface area contributed by atoms with E-state index >= 15 is 0 Å². The highest BCUT2D eigenvalue weighted by Crippen LogP contribution is 2.35. The second kappa shape index (κ2) is 6.11. The largest absolute Gasteiger partial charge is 0.409 e. The van der Waals surface area contributed by atoms with Gasteiger partial charge in [0, 0.05) is 17.8 Å². The molecular formula is C15H22N4O2. The molecule has 21 heavy (non-hydrogen) atoms. The Bertz CT molecular complexity index is 537. The van der Waals surface area contributed by atoms with Gasteiger partial charge < -0.3 is 16.3 Å². The van der Waals surface area contributed by atoms with Crippen LogP contribution < -0.4 is 11.1 Å². The van der Waals surface area contributed by atoms with Gasteiger partial charge in [0.15, 0.2) is 5.84 Å². The van der Waals surface area contributed by atoms with Crippen LogP contribution in [0.4, 0.5) is 0 Å². The van der Waals surface area contributed by atoms with E-state index in [1.165, 1.54) is 12.6 Å². The molecule has 6 heteroatoms. The zero-order chi connectivity index (χ0) is 15.5. The average molecular weight is 290 g/mol. The molecule has 1 heterocycles. The van der Waals surface area contributed by atoms with Crippen molar-refractivity contribution in [3.63, 3.8) is 0 Å². The molecule has 0 saturated heterocycles. The van der Waals surface area contributed by atoms with E-state index in [4.69, 9.17) is 10.9 Å². The predicted molar refractivity (Wildman–Crippen MR) is 80.3 cm³/mol. The number of hydrogen-bond acceptors (Lipinski definition) is 4. The third-order valence-electron chi connectivity index (χ3n) is 4.21. The van der Waals surface area contributed by atoms with Crippen LogP contribution in [-0.4, -0.2) is 28.0 Å². The van der Waals surface area contributed by atoms with E-state index in [0.29, 0.717) is 11.3 Å². The molecule has 0 radical (unpaired) electrons. The zero-order valence-corrected chi connectivity index (χ0v) is 12.5. The molecule has 1 fully saturated rings. The Balaban J connectivity index is 2.06. The first-order valence-electron chi connectivity index (χ1n) is 7.19. The molecule has 0 aliphatic heterocycles. The average Bonchev–Trinajstić information content (AvgIpc) is 2.48. The summed E-state index contributed by atoms with van der Waals surface area (Å²) in [7, 11) is 0. The number of rotatable bonds is 3.